The van der Waals surface area contributed by atoms with Crippen LogP contribution in [0.4, 0.5) is 14.5 Å². The molecule has 16 heavy (non-hydrogen) atoms. The van der Waals surface area contributed by atoms with Gasteiger partial charge in [-0.3, -0.25) is 14.9 Å². The summed E-state index contributed by atoms with van der Waals surface area (Å²) >= 11 is 0. The van der Waals surface area contributed by atoms with Crippen LogP contribution in [0.15, 0.2) is 11.0 Å². The van der Waals surface area contributed by atoms with Crippen LogP contribution in [0.2, 0.25) is 0 Å². The van der Waals surface area contributed by atoms with Crippen LogP contribution in [0.5, 0.6) is 0 Å². The average Bonchev–Trinajstić information content (AvgIpc) is 2.19. The van der Waals surface area contributed by atoms with Crippen molar-refractivity contribution >= 4 is 5.69 Å². The Hall–Kier alpha value is -2.30. The van der Waals surface area contributed by atoms with E-state index in [0.29, 0.717) is 0 Å². The van der Waals surface area contributed by atoms with Crippen molar-refractivity contribution in [3.05, 3.63) is 37.8 Å². The number of nitrogens with zero attached hydrogens (tertiary/aromatic N) is 2. The van der Waals surface area contributed by atoms with Crippen LogP contribution < -0.4 is 5.56 Å². The van der Waals surface area contributed by atoms with Crippen molar-refractivity contribution < 1.29 is 13.7 Å². The van der Waals surface area contributed by atoms with Crippen molar-refractivity contribution in [1.82, 2.24) is 4.98 Å². The number of nitro groups is 1. The maximum absolute atomic E-state index is 12.6. The molecule has 0 amide bonds. The molecular weight excluding hydrogens is 224 g/mol. The van der Waals surface area contributed by atoms with Crippen LogP contribution in [0.25, 0.3) is 0 Å². The van der Waals surface area contributed by atoms with Gasteiger partial charge in [0.1, 0.15) is 5.56 Å². The first-order chi connectivity index (χ1) is 7.49. The molecule has 1 aromatic rings. The van der Waals surface area contributed by atoms with E-state index in [9.17, 15) is 23.7 Å². The Labute approximate surface area is 87.3 Å². The van der Waals surface area contributed by atoms with Crippen LogP contribution in [-0.4, -0.2) is 9.91 Å². The molecule has 0 aliphatic rings. The molecule has 0 bridgehead atoms. The second-order valence-corrected chi connectivity index (χ2v) is 2.80. The normalized spacial score (nSPS) is 10.1. The van der Waals surface area contributed by atoms with Gasteiger partial charge in [-0.25, -0.2) is 8.78 Å². The van der Waals surface area contributed by atoms with E-state index in [1.165, 1.54) is 0 Å². The first-order valence-electron chi connectivity index (χ1n) is 4.03. The highest BCUT2D eigenvalue weighted by molar-refractivity contribution is 5.44. The maximum atomic E-state index is 12.6. The number of rotatable bonds is 3. The molecule has 0 saturated carbocycles. The summed E-state index contributed by atoms with van der Waals surface area (Å²) in [6.45, 7) is 0. The van der Waals surface area contributed by atoms with Gasteiger partial charge >= 0.3 is 11.2 Å². The Kier molecular flexibility index (Phi) is 3.30. The first kappa shape index (κ1) is 11.8. The van der Waals surface area contributed by atoms with E-state index in [2.05, 4.69) is 0 Å². The third-order valence-electron chi connectivity index (χ3n) is 1.86. The van der Waals surface area contributed by atoms with Crippen molar-refractivity contribution in [2.45, 2.75) is 12.8 Å². The van der Waals surface area contributed by atoms with Gasteiger partial charge < -0.3 is 4.98 Å². The molecule has 0 saturated heterocycles. The predicted octanol–water partition coefficient (Wildman–Crippen LogP) is 1.29. The largest absolute Gasteiger partial charge is 0.343 e. The van der Waals surface area contributed by atoms with Gasteiger partial charge in [0.25, 0.3) is 6.43 Å². The van der Waals surface area contributed by atoms with E-state index in [1.807, 2.05) is 4.98 Å². The number of nitrogens with one attached hydrogen (secondary N) is 1. The maximum Gasteiger partial charge on any atom is 0.343 e. The molecule has 1 rings (SSSR count). The minimum absolute atomic E-state index is 0.246. The zero-order valence-corrected chi connectivity index (χ0v) is 7.74. The van der Waals surface area contributed by atoms with E-state index >= 15 is 0 Å². The number of pyridine rings is 1. The van der Waals surface area contributed by atoms with Crippen LogP contribution >= 0.6 is 0 Å². The molecule has 0 atom stereocenters. The Morgan fingerprint density at radius 2 is 2.25 bits per heavy atom. The van der Waals surface area contributed by atoms with Gasteiger partial charge in [0.2, 0.25) is 0 Å². The fourth-order valence-corrected chi connectivity index (χ4v) is 1.23. The quantitative estimate of drug-likeness (QED) is 0.623. The molecule has 0 aliphatic heterocycles. The summed E-state index contributed by atoms with van der Waals surface area (Å²) in [6.07, 6.45) is -2.72. The Bertz CT molecular complexity index is 518. The molecule has 84 valence electrons. The molecule has 0 radical (unpaired) electrons. The van der Waals surface area contributed by atoms with E-state index in [-0.39, 0.29) is 5.56 Å². The summed E-state index contributed by atoms with van der Waals surface area (Å²) in [4.78, 5) is 22.3. The van der Waals surface area contributed by atoms with E-state index < -0.39 is 34.6 Å². The van der Waals surface area contributed by atoms with Gasteiger partial charge in [0, 0.05) is 6.20 Å². The highest BCUT2D eigenvalue weighted by Crippen LogP contribution is 2.28. The Balaban J connectivity index is 3.58. The number of hydrogen-bond donors (Lipinski definition) is 1. The monoisotopic (exact) mass is 229 g/mol. The smallest absolute Gasteiger partial charge is 0.323 e. The van der Waals surface area contributed by atoms with Crippen molar-refractivity contribution in [2.24, 2.45) is 0 Å². The molecule has 6 nitrogen and oxygen atoms in total. The first-order valence-corrected chi connectivity index (χ1v) is 4.03. The molecular formula is C8H5F2N3O3. The average molecular weight is 229 g/mol. The molecule has 1 aromatic heterocycles. The van der Waals surface area contributed by atoms with Crippen LogP contribution in [-0.2, 0) is 6.42 Å². The van der Waals surface area contributed by atoms with Crippen molar-refractivity contribution in [3.63, 3.8) is 0 Å². The number of H-pyrrole nitrogens is 1. The second kappa shape index (κ2) is 4.48. The topological polar surface area (TPSA) is 99.8 Å². The molecule has 8 heteroatoms. The van der Waals surface area contributed by atoms with Crippen molar-refractivity contribution in [2.75, 3.05) is 0 Å². The third kappa shape index (κ3) is 2.03. The van der Waals surface area contributed by atoms with Crippen LogP contribution in [0.3, 0.4) is 0 Å². The zero-order valence-electron chi connectivity index (χ0n) is 7.74. The van der Waals surface area contributed by atoms with E-state index in [0.717, 1.165) is 6.20 Å². The zero-order chi connectivity index (χ0) is 12.3. The fraction of sp³-hybridized carbons (Fsp3) is 0.250. The van der Waals surface area contributed by atoms with Crippen molar-refractivity contribution in [1.29, 1.82) is 5.26 Å². The SMILES string of the molecule is N#CCc1c[nH]c(=O)c([N+](=O)[O-])c1C(F)F. The van der Waals surface area contributed by atoms with Crippen molar-refractivity contribution in [3.8, 4) is 6.07 Å². The molecule has 0 aromatic carbocycles. The number of halogens is 2. The lowest BCUT2D eigenvalue weighted by Crippen LogP contribution is -2.16. The lowest BCUT2D eigenvalue weighted by atomic mass is 10.1. The molecule has 1 heterocycles. The standard InChI is InChI=1S/C8H5F2N3O3/c9-7(10)5-4(1-2-11)3-12-8(14)6(5)13(15)16/h3,7H,1H2,(H,12,14). The summed E-state index contributed by atoms with van der Waals surface area (Å²) < 4.78 is 25.2. The summed E-state index contributed by atoms with van der Waals surface area (Å²) in [5.74, 6) is 0. The summed E-state index contributed by atoms with van der Waals surface area (Å²) in [6, 6.07) is 1.59. The second-order valence-electron chi connectivity index (χ2n) is 2.80. The molecule has 0 spiro atoms. The Morgan fingerprint density at radius 3 is 2.69 bits per heavy atom. The third-order valence-corrected chi connectivity index (χ3v) is 1.86. The minimum atomic E-state index is -3.17. The number of alkyl halides is 2. The highest BCUT2D eigenvalue weighted by Gasteiger charge is 2.28. The van der Waals surface area contributed by atoms with Gasteiger partial charge in [-0.15, -0.1) is 0 Å². The Morgan fingerprint density at radius 1 is 1.62 bits per heavy atom. The lowest BCUT2D eigenvalue weighted by Gasteiger charge is -2.05. The van der Waals surface area contributed by atoms with E-state index in [1.54, 1.807) is 6.07 Å². The van der Waals surface area contributed by atoms with Gasteiger partial charge in [-0.2, -0.15) is 5.26 Å². The highest BCUT2D eigenvalue weighted by atomic mass is 19.3. The molecule has 0 aliphatic carbocycles. The number of nitriles is 1. The summed E-state index contributed by atoms with van der Waals surface area (Å²) in [7, 11) is 0. The van der Waals surface area contributed by atoms with Gasteiger partial charge in [-0.1, -0.05) is 0 Å². The predicted molar refractivity (Wildman–Crippen MR) is 48.0 cm³/mol. The summed E-state index contributed by atoms with van der Waals surface area (Å²) in [5, 5.41) is 18.8. The van der Waals surface area contributed by atoms with Gasteiger partial charge in [-0.05, 0) is 5.56 Å². The summed E-state index contributed by atoms with van der Waals surface area (Å²) in [5.41, 5.74) is -3.65. The van der Waals surface area contributed by atoms with Gasteiger partial charge in [0.15, 0.2) is 0 Å². The lowest BCUT2D eigenvalue weighted by molar-refractivity contribution is -0.387. The number of hydrogen-bond acceptors (Lipinski definition) is 4. The fourth-order valence-electron chi connectivity index (χ4n) is 1.23. The van der Waals surface area contributed by atoms with Crippen LogP contribution in [0, 0.1) is 21.4 Å². The molecule has 1 N–H and O–H groups in total. The van der Waals surface area contributed by atoms with Crippen LogP contribution in [0.1, 0.15) is 17.6 Å². The number of aromatic nitrogens is 1. The number of aromatic amines is 1. The minimum Gasteiger partial charge on any atom is -0.323 e. The van der Waals surface area contributed by atoms with Gasteiger partial charge in [0.05, 0.1) is 17.4 Å². The molecule has 0 fully saturated rings. The molecule has 0 unspecified atom stereocenters. The van der Waals surface area contributed by atoms with E-state index in [4.69, 9.17) is 5.26 Å².